The van der Waals surface area contributed by atoms with Gasteiger partial charge in [0.15, 0.2) is 9.84 Å². The number of sulfone groups is 1. The number of carboxylic acid groups (broad SMARTS) is 1. The minimum Gasteiger partial charge on any atom is -0.478 e. The molecule has 0 aliphatic carbocycles. The van der Waals surface area contributed by atoms with Gasteiger partial charge in [-0.15, -0.1) is 0 Å². The molecule has 0 spiro atoms. The molecule has 1 aromatic rings. The van der Waals surface area contributed by atoms with Crippen molar-refractivity contribution in [1.82, 2.24) is 0 Å². The van der Waals surface area contributed by atoms with E-state index >= 15 is 0 Å². The van der Waals surface area contributed by atoms with Gasteiger partial charge in [-0.1, -0.05) is 0 Å². The van der Waals surface area contributed by atoms with Crippen LogP contribution in [0.4, 0.5) is 5.69 Å². The number of carboxylic acids is 1. The van der Waals surface area contributed by atoms with Gasteiger partial charge in [0.1, 0.15) is 0 Å². The molecule has 0 unspecified atom stereocenters. The fourth-order valence-electron chi connectivity index (χ4n) is 1.99. The topological polar surface area (TPSA) is 83.5 Å². The average Bonchev–Trinajstić information content (AvgIpc) is 2.13. The third-order valence-electron chi connectivity index (χ3n) is 2.59. The van der Waals surface area contributed by atoms with Gasteiger partial charge in [-0.05, 0) is 32.0 Å². The molecule has 5 nitrogen and oxygen atoms in total. The van der Waals surface area contributed by atoms with Crippen LogP contribution in [-0.4, -0.2) is 30.8 Å². The normalized spacial score (nSPS) is 20.1. The van der Waals surface area contributed by atoms with Crippen LogP contribution < -0.4 is 5.32 Å². The Balaban J connectivity index is 2.63. The summed E-state index contributed by atoms with van der Waals surface area (Å²) in [6, 6.07) is 4.01. The van der Waals surface area contributed by atoms with E-state index in [1.807, 2.05) is 0 Å². The third kappa shape index (κ3) is 2.12. The van der Waals surface area contributed by atoms with Crippen molar-refractivity contribution in [2.75, 3.05) is 11.1 Å². The molecular weight excluding hydrogens is 242 g/mol. The zero-order valence-electron chi connectivity index (χ0n) is 9.52. The van der Waals surface area contributed by atoms with Gasteiger partial charge in [0.05, 0.1) is 21.9 Å². The number of rotatable bonds is 1. The zero-order valence-corrected chi connectivity index (χ0v) is 10.3. The fraction of sp³-hybridized carbons (Fsp3) is 0.364. The van der Waals surface area contributed by atoms with E-state index in [2.05, 4.69) is 5.32 Å². The second-order valence-electron chi connectivity index (χ2n) is 4.78. The standard InChI is InChI=1S/C11H13NO4S/c1-11(2)6-17(15,16)9-4-3-7(10(13)14)5-8(9)12-11/h3-5,12H,6H2,1-2H3,(H,13,14). The van der Waals surface area contributed by atoms with Gasteiger partial charge in [0.25, 0.3) is 0 Å². The monoisotopic (exact) mass is 255 g/mol. The molecule has 0 bridgehead atoms. The van der Waals surface area contributed by atoms with Crippen LogP contribution in [-0.2, 0) is 9.84 Å². The summed E-state index contributed by atoms with van der Waals surface area (Å²) in [5, 5.41) is 11.9. The lowest BCUT2D eigenvalue weighted by Crippen LogP contribution is -2.42. The Morgan fingerprint density at radius 1 is 1.41 bits per heavy atom. The zero-order chi connectivity index (χ0) is 12.8. The van der Waals surface area contributed by atoms with Gasteiger partial charge in [-0.2, -0.15) is 0 Å². The van der Waals surface area contributed by atoms with Gasteiger partial charge in [-0.3, -0.25) is 0 Å². The van der Waals surface area contributed by atoms with Crippen LogP contribution in [0.2, 0.25) is 0 Å². The van der Waals surface area contributed by atoms with E-state index in [1.165, 1.54) is 18.2 Å². The Morgan fingerprint density at radius 3 is 2.65 bits per heavy atom. The van der Waals surface area contributed by atoms with Crippen molar-refractivity contribution in [1.29, 1.82) is 0 Å². The largest absolute Gasteiger partial charge is 0.478 e. The Kier molecular flexibility index (Phi) is 2.43. The number of carbonyl (C=O) groups is 1. The first-order valence-electron chi connectivity index (χ1n) is 5.10. The number of anilines is 1. The highest BCUT2D eigenvalue weighted by molar-refractivity contribution is 7.91. The Morgan fingerprint density at radius 2 is 2.06 bits per heavy atom. The molecule has 92 valence electrons. The quantitative estimate of drug-likeness (QED) is 0.791. The highest BCUT2D eigenvalue weighted by Crippen LogP contribution is 2.33. The van der Waals surface area contributed by atoms with Crippen LogP contribution in [0.15, 0.2) is 23.1 Å². The lowest BCUT2D eigenvalue weighted by molar-refractivity contribution is 0.0697. The number of hydrogen-bond acceptors (Lipinski definition) is 4. The predicted octanol–water partition coefficient (Wildman–Crippen LogP) is 1.36. The van der Waals surface area contributed by atoms with Gasteiger partial charge >= 0.3 is 5.97 Å². The van der Waals surface area contributed by atoms with Gasteiger partial charge in [0, 0.05) is 5.54 Å². The lowest BCUT2D eigenvalue weighted by Gasteiger charge is -2.33. The van der Waals surface area contributed by atoms with Gasteiger partial charge < -0.3 is 10.4 Å². The van der Waals surface area contributed by atoms with Crippen LogP contribution in [0, 0.1) is 0 Å². The van der Waals surface area contributed by atoms with E-state index in [0.29, 0.717) is 5.69 Å². The van der Waals surface area contributed by atoms with Gasteiger partial charge in [0.2, 0.25) is 0 Å². The van der Waals surface area contributed by atoms with E-state index in [9.17, 15) is 13.2 Å². The average molecular weight is 255 g/mol. The molecule has 17 heavy (non-hydrogen) atoms. The summed E-state index contributed by atoms with van der Waals surface area (Å²) >= 11 is 0. The smallest absolute Gasteiger partial charge is 0.335 e. The minimum atomic E-state index is -3.35. The van der Waals surface area contributed by atoms with Crippen molar-refractivity contribution in [3.63, 3.8) is 0 Å². The first-order chi connectivity index (χ1) is 7.71. The Bertz CT molecular complexity index is 589. The molecule has 6 heteroatoms. The van der Waals surface area contributed by atoms with Crippen molar-refractivity contribution in [2.45, 2.75) is 24.3 Å². The van der Waals surface area contributed by atoms with Crippen molar-refractivity contribution in [3.05, 3.63) is 23.8 Å². The molecule has 0 atom stereocenters. The van der Waals surface area contributed by atoms with Crippen molar-refractivity contribution in [3.8, 4) is 0 Å². The molecule has 0 radical (unpaired) electrons. The molecule has 0 aromatic heterocycles. The molecule has 1 aliphatic rings. The number of nitrogens with one attached hydrogen (secondary N) is 1. The van der Waals surface area contributed by atoms with E-state index < -0.39 is 21.3 Å². The van der Waals surface area contributed by atoms with E-state index in [0.717, 1.165) is 0 Å². The predicted molar refractivity (Wildman–Crippen MR) is 63.2 cm³/mol. The Hall–Kier alpha value is -1.56. The molecule has 2 rings (SSSR count). The molecule has 0 saturated carbocycles. The van der Waals surface area contributed by atoms with Crippen molar-refractivity contribution >= 4 is 21.5 Å². The van der Waals surface area contributed by atoms with Crippen LogP contribution in [0.25, 0.3) is 0 Å². The molecule has 1 heterocycles. The lowest BCUT2D eigenvalue weighted by atomic mass is 10.1. The first kappa shape index (κ1) is 11.9. The molecule has 0 saturated heterocycles. The highest BCUT2D eigenvalue weighted by atomic mass is 32.2. The molecule has 0 amide bonds. The summed E-state index contributed by atoms with van der Waals surface area (Å²) in [7, 11) is -3.35. The summed E-state index contributed by atoms with van der Waals surface area (Å²) in [6.45, 7) is 3.53. The second kappa shape index (κ2) is 3.46. The van der Waals surface area contributed by atoms with Crippen molar-refractivity contribution < 1.29 is 18.3 Å². The SMILES string of the molecule is CC1(C)CS(=O)(=O)c2ccc(C(=O)O)cc2N1. The summed E-state index contributed by atoms with van der Waals surface area (Å²) in [6.07, 6.45) is 0. The van der Waals surface area contributed by atoms with Crippen LogP contribution in [0.5, 0.6) is 0 Å². The number of benzene rings is 1. The highest BCUT2D eigenvalue weighted by Gasteiger charge is 2.35. The summed E-state index contributed by atoms with van der Waals surface area (Å²) in [5.74, 6) is -1.07. The summed E-state index contributed by atoms with van der Waals surface area (Å²) in [5.41, 5.74) is -0.159. The van der Waals surface area contributed by atoms with Crippen LogP contribution in [0.1, 0.15) is 24.2 Å². The molecular formula is C11H13NO4S. The maximum Gasteiger partial charge on any atom is 0.335 e. The van der Waals surface area contributed by atoms with E-state index in [1.54, 1.807) is 13.8 Å². The first-order valence-corrected chi connectivity index (χ1v) is 6.75. The maximum absolute atomic E-state index is 12.0. The number of hydrogen-bond donors (Lipinski definition) is 2. The number of aromatic carboxylic acids is 1. The molecule has 1 aliphatic heterocycles. The summed E-state index contributed by atoms with van der Waals surface area (Å²) in [4.78, 5) is 11.0. The van der Waals surface area contributed by atoms with Crippen molar-refractivity contribution in [2.24, 2.45) is 0 Å². The maximum atomic E-state index is 12.0. The fourth-order valence-corrected chi connectivity index (χ4v) is 3.88. The molecule has 0 fully saturated rings. The molecule has 1 aromatic carbocycles. The van der Waals surface area contributed by atoms with Crippen LogP contribution in [0.3, 0.4) is 0 Å². The van der Waals surface area contributed by atoms with E-state index in [4.69, 9.17) is 5.11 Å². The molecule has 2 N–H and O–H groups in total. The Labute approximate surface area is 99.4 Å². The second-order valence-corrected chi connectivity index (χ2v) is 6.74. The number of fused-ring (bicyclic) bond motifs is 1. The van der Waals surface area contributed by atoms with E-state index in [-0.39, 0.29) is 16.2 Å². The third-order valence-corrected chi connectivity index (χ3v) is 4.71. The minimum absolute atomic E-state index is 0.000577. The summed E-state index contributed by atoms with van der Waals surface area (Å²) < 4.78 is 24.0. The van der Waals surface area contributed by atoms with Gasteiger partial charge in [-0.25, -0.2) is 13.2 Å². The van der Waals surface area contributed by atoms with Crippen LogP contribution >= 0.6 is 0 Å².